The number of hydrogen-bond acceptors (Lipinski definition) is 5. The van der Waals surface area contributed by atoms with Crippen LogP contribution < -0.4 is 10.6 Å². The lowest BCUT2D eigenvalue weighted by Crippen LogP contribution is -2.51. The highest BCUT2D eigenvalue weighted by molar-refractivity contribution is 6.13. The van der Waals surface area contributed by atoms with Crippen LogP contribution in [0.3, 0.4) is 0 Å². The molecule has 0 spiro atoms. The van der Waals surface area contributed by atoms with E-state index in [0.29, 0.717) is 33.8 Å². The Bertz CT molecular complexity index is 1620. The molecule has 1 saturated carbocycles. The Morgan fingerprint density at radius 1 is 1.08 bits per heavy atom. The predicted octanol–water partition coefficient (Wildman–Crippen LogP) is 4.97. The predicted molar refractivity (Wildman–Crippen MR) is 146 cm³/mol. The fourth-order valence-electron chi connectivity index (χ4n) is 5.58. The Morgan fingerprint density at radius 3 is 2.61 bits per heavy atom. The summed E-state index contributed by atoms with van der Waals surface area (Å²) in [7, 11) is 1.85. The summed E-state index contributed by atoms with van der Waals surface area (Å²) in [6, 6.07) is 9.47. The van der Waals surface area contributed by atoms with Crippen molar-refractivity contribution in [2.75, 3.05) is 6.54 Å². The number of fused-ring (bicyclic) bond motifs is 3. The fraction of sp³-hybridized carbons (Fsp3) is 0.310. The van der Waals surface area contributed by atoms with E-state index in [1.807, 2.05) is 19.3 Å². The van der Waals surface area contributed by atoms with E-state index in [0.717, 1.165) is 48.0 Å². The molecule has 194 valence electrons. The Kier molecular flexibility index (Phi) is 6.37. The summed E-state index contributed by atoms with van der Waals surface area (Å²) in [6.07, 6.45) is 10.9. The van der Waals surface area contributed by atoms with Crippen molar-refractivity contribution >= 4 is 27.8 Å². The van der Waals surface area contributed by atoms with Gasteiger partial charge in [-0.2, -0.15) is 5.10 Å². The molecule has 0 saturated heterocycles. The largest absolute Gasteiger partial charge is 0.348 e. The number of aromatic amines is 1. The average Bonchev–Trinajstić information content (AvgIpc) is 3.53. The minimum atomic E-state index is -0.425. The van der Waals surface area contributed by atoms with Crippen molar-refractivity contribution in [1.82, 2.24) is 35.4 Å². The Hall–Kier alpha value is -4.11. The van der Waals surface area contributed by atoms with Gasteiger partial charge in [-0.15, -0.1) is 0 Å². The third-order valence-corrected chi connectivity index (χ3v) is 7.44. The van der Waals surface area contributed by atoms with E-state index in [2.05, 4.69) is 37.6 Å². The fourth-order valence-corrected chi connectivity index (χ4v) is 5.58. The van der Waals surface area contributed by atoms with Crippen molar-refractivity contribution in [1.29, 1.82) is 0 Å². The number of halogens is 1. The number of pyridine rings is 2. The van der Waals surface area contributed by atoms with E-state index in [9.17, 15) is 4.79 Å². The molecule has 3 N–H and O–H groups in total. The molecule has 9 heteroatoms. The molecule has 0 bridgehead atoms. The Balaban J connectivity index is 1.35. The summed E-state index contributed by atoms with van der Waals surface area (Å²) in [5.74, 6) is -0.531. The van der Waals surface area contributed by atoms with Crippen LogP contribution in [0, 0.1) is 5.82 Å². The summed E-state index contributed by atoms with van der Waals surface area (Å²) >= 11 is 0. The van der Waals surface area contributed by atoms with E-state index in [1.165, 1.54) is 12.6 Å². The molecule has 1 fully saturated rings. The second-order valence-electron chi connectivity index (χ2n) is 9.95. The van der Waals surface area contributed by atoms with Crippen molar-refractivity contribution < 1.29 is 9.18 Å². The number of aromatic nitrogens is 5. The minimum Gasteiger partial charge on any atom is -0.348 e. The van der Waals surface area contributed by atoms with Gasteiger partial charge in [0.15, 0.2) is 0 Å². The highest BCUT2D eigenvalue weighted by atomic mass is 19.1. The number of carbonyl (C=O) groups excluding carboxylic acids is 1. The molecule has 1 aliphatic carbocycles. The van der Waals surface area contributed by atoms with Gasteiger partial charge >= 0.3 is 0 Å². The second kappa shape index (κ2) is 9.98. The van der Waals surface area contributed by atoms with Crippen molar-refractivity contribution in [2.45, 2.75) is 44.7 Å². The first-order chi connectivity index (χ1) is 18.5. The maximum absolute atomic E-state index is 15.3. The van der Waals surface area contributed by atoms with Gasteiger partial charge < -0.3 is 15.6 Å². The van der Waals surface area contributed by atoms with Gasteiger partial charge in [-0.05, 0) is 43.1 Å². The van der Waals surface area contributed by atoms with E-state index < -0.39 is 5.82 Å². The molecule has 0 unspecified atom stereocenters. The molecule has 1 aromatic carbocycles. The number of likely N-dealkylation sites (N-methyl/N-ethyl adjacent to an activating group) is 1. The number of H-pyrrole nitrogens is 1. The van der Waals surface area contributed by atoms with Crippen LogP contribution in [0.15, 0.2) is 55.1 Å². The summed E-state index contributed by atoms with van der Waals surface area (Å²) in [5, 5.41) is 12.4. The number of carbonyl (C=O) groups is 1. The van der Waals surface area contributed by atoms with Gasteiger partial charge in [0.1, 0.15) is 11.5 Å². The van der Waals surface area contributed by atoms with Crippen LogP contribution in [-0.4, -0.2) is 49.3 Å². The first-order valence-electron chi connectivity index (χ1n) is 13.1. The number of nitrogens with one attached hydrogen (secondary N) is 3. The number of hydrogen-bond donors (Lipinski definition) is 3. The van der Waals surface area contributed by atoms with Gasteiger partial charge in [-0.3, -0.25) is 14.5 Å². The number of rotatable bonds is 6. The molecule has 8 nitrogen and oxygen atoms in total. The normalized spacial score (nSPS) is 17.8. The first kappa shape index (κ1) is 24.2. The monoisotopic (exact) mass is 511 g/mol. The topological polar surface area (TPSA) is 101 Å². The zero-order valence-electron chi connectivity index (χ0n) is 21.5. The van der Waals surface area contributed by atoms with Gasteiger partial charge in [-0.1, -0.05) is 31.9 Å². The average molecular weight is 512 g/mol. The van der Waals surface area contributed by atoms with Crippen LogP contribution >= 0.6 is 0 Å². The lowest BCUT2D eigenvalue weighted by atomic mass is 9.90. The molecule has 38 heavy (non-hydrogen) atoms. The quantitative estimate of drug-likeness (QED) is 0.299. The van der Waals surface area contributed by atoms with E-state index in [4.69, 9.17) is 0 Å². The van der Waals surface area contributed by atoms with E-state index >= 15 is 4.39 Å². The third kappa shape index (κ3) is 4.43. The Labute approximate surface area is 219 Å². The van der Waals surface area contributed by atoms with Gasteiger partial charge in [-0.25, -0.2) is 9.37 Å². The van der Waals surface area contributed by atoms with Gasteiger partial charge in [0.25, 0.3) is 5.91 Å². The summed E-state index contributed by atoms with van der Waals surface area (Å²) < 4.78 is 17.0. The maximum Gasteiger partial charge on any atom is 0.251 e. The summed E-state index contributed by atoms with van der Waals surface area (Å²) in [6.45, 7) is 2.97. The zero-order chi connectivity index (χ0) is 26.2. The molecule has 6 rings (SSSR count). The molecule has 1 amide bonds. The number of benzene rings is 1. The number of aryl methyl sites for hydroxylation is 1. The molecule has 0 aliphatic heterocycles. The molecule has 4 aromatic heterocycles. The molecule has 4 heterocycles. The minimum absolute atomic E-state index is 0.106. The van der Waals surface area contributed by atoms with Gasteiger partial charge in [0.05, 0.1) is 29.8 Å². The molecule has 2 atom stereocenters. The van der Waals surface area contributed by atoms with E-state index in [1.54, 1.807) is 41.3 Å². The highest BCUT2D eigenvalue weighted by Gasteiger charge is 2.26. The zero-order valence-corrected chi connectivity index (χ0v) is 21.5. The second-order valence-corrected chi connectivity index (χ2v) is 9.95. The molecule has 5 aromatic rings. The van der Waals surface area contributed by atoms with Crippen LogP contribution in [0.4, 0.5) is 4.39 Å². The van der Waals surface area contributed by atoms with Gasteiger partial charge in [0, 0.05) is 52.8 Å². The smallest absolute Gasteiger partial charge is 0.251 e. The van der Waals surface area contributed by atoms with Crippen LogP contribution in [0.2, 0.25) is 0 Å². The van der Waals surface area contributed by atoms with Crippen molar-refractivity contribution in [3.63, 3.8) is 0 Å². The lowest BCUT2D eigenvalue weighted by molar-refractivity contribution is 0.0915. The first-order valence-corrected chi connectivity index (χ1v) is 13.1. The van der Waals surface area contributed by atoms with Crippen LogP contribution in [0.25, 0.3) is 44.3 Å². The summed E-state index contributed by atoms with van der Waals surface area (Å²) in [4.78, 5) is 25.2. The van der Waals surface area contributed by atoms with Gasteiger partial charge in [0.2, 0.25) is 0 Å². The SMILES string of the molecule is CCN[C@H]1CCCC[C@@H]1NC(=O)c1ccc(-c2c(F)cnc3[nH]c4cnc(-c5cnn(C)c5)cc4c23)cc1. The van der Waals surface area contributed by atoms with Crippen molar-refractivity contribution in [3.05, 3.63) is 66.5 Å². The maximum atomic E-state index is 15.3. The van der Waals surface area contributed by atoms with Crippen molar-refractivity contribution in [2.24, 2.45) is 7.05 Å². The summed E-state index contributed by atoms with van der Waals surface area (Å²) in [5.41, 5.74) is 4.64. The van der Waals surface area contributed by atoms with Crippen LogP contribution in [0.1, 0.15) is 43.0 Å². The van der Waals surface area contributed by atoms with Crippen LogP contribution in [0.5, 0.6) is 0 Å². The molecular formula is C29H30FN7O. The highest BCUT2D eigenvalue weighted by Crippen LogP contribution is 2.36. The number of amides is 1. The van der Waals surface area contributed by atoms with Crippen molar-refractivity contribution in [3.8, 4) is 22.4 Å². The Morgan fingerprint density at radius 2 is 1.87 bits per heavy atom. The standard InChI is InChI=1S/C29H30FN7O/c1-3-31-22-6-4-5-7-23(22)36-29(38)18-10-8-17(9-11-18)26-21(30)14-33-28-27(26)20-12-24(32-15-25(20)35-28)19-13-34-37(2)16-19/h8-16,22-23,31H,3-7H2,1-2H3,(H,33,35)(H,36,38)/t22-,23-/m0/s1. The lowest BCUT2D eigenvalue weighted by Gasteiger charge is -2.32. The van der Waals surface area contributed by atoms with E-state index in [-0.39, 0.29) is 11.9 Å². The molecule has 1 aliphatic rings. The van der Waals surface area contributed by atoms with Crippen LogP contribution in [-0.2, 0) is 7.05 Å². The molecule has 0 radical (unpaired) electrons. The number of nitrogens with zero attached hydrogens (tertiary/aromatic N) is 4. The molecular weight excluding hydrogens is 481 g/mol. The third-order valence-electron chi connectivity index (χ3n) is 7.44.